The van der Waals surface area contributed by atoms with Gasteiger partial charge in [0, 0.05) is 17.2 Å². The maximum Gasteiger partial charge on any atom is 0.109 e. The lowest BCUT2D eigenvalue weighted by Gasteiger charge is -2.41. The summed E-state index contributed by atoms with van der Waals surface area (Å²) in [6.45, 7) is 2.61. The summed E-state index contributed by atoms with van der Waals surface area (Å²) in [4.78, 5) is 0. The van der Waals surface area contributed by atoms with E-state index < -0.39 is 11.7 Å². The summed E-state index contributed by atoms with van der Waals surface area (Å²) >= 11 is 6.18. The van der Waals surface area contributed by atoms with Crippen LogP contribution in [0.15, 0.2) is 24.3 Å². The minimum atomic E-state index is -0.633. The summed E-state index contributed by atoms with van der Waals surface area (Å²) in [6.07, 6.45) is 4.64. The molecule has 0 aliphatic heterocycles. The largest absolute Gasteiger partial charge is 0.385 e. The highest BCUT2D eigenvalue weighted by Gasteiger charge is 2.41. The first-order valence-corrected chi connectivity index (χ1v) is 7.14. The monoisotopic (exact) mass is 268 g/mol. The number of aliphatic hydroxyl groups is 1. The molecule has 1 N–H and O–H groups in total. The Labute approximate surface area is 114 Å². The molecule has 0 aromatic heterocycles. The molecule has 1 atom stereocenters. The van der Waals surface area contributed by atoms with Gasteiger partial charge in [0.1, 0.15) is 6.10 Å². The first kappa shape index (κ1) is 13.9. The topological polar surface area (TPSA) is 29.5 Å². The Hall–Kier alpha value is -0.570. The fourth-order valence-electron chi connectivity index (χ4n) is 2.91. The standard InChI is InChI=1S/C15H21ClO2/c1-2-18-15(10-6-3-7-11-15)14(17)12-8-4-5-9-13(12)16/h4-5,8-9,14,17H,2-3,6-7,10-11H2,1H3. The molecular formula is C15H21ClO2. The van der Waals surface area contributed by atoms with Crippen LogP contribution >= 0.6 is 11.6 Å². The third kappa shape index (κ3) is 2.71. The minimum Gasteiger partial charge on any atom is -0.385 e. The van der Waals surface area contributed by atoms with E-state index in [1.165, 1.54) is 6.42 Å². The maximum absolute atomic E-state index is 10.7. The molecule has 1 aliphatic carbocycles. The maximum atomic E-state index is 10.7. The van der Waals surface area contributed by atoms with Gasteiger partial charge in [0.2, 0.25) is 0 Å². The Morgan fingerprint density at radius 2 is 1.94 bits per heavy atom. The van der Waals surface area contributed by atoms with Crippen molar-refractivity contribution in [3.63, 3.8) is 0 Å². The van der Waals surface area contributed by atoms with Gasteiger partial charge in [-0.3, -0.25) is 0 Å². The molecule has 1 aromatic rings. The lowest BCUT2D eigenvalue weighted by atomic mass is 9.78. The molecule has 0 radical (unpaired) electrons. The molecule has 2 nitrogen and oxygen atoms in total. The number of ether oxygens (including phenoxy) is 1. The molecule has 100 valence electrons. The van der Waals surface area contributed by atoms with Crippen LogP contribution in [-0.2, 0) is 4.74 Å². The van der Waals surface area contributed by atoms with Gasteiger partial charge >= 0.3 is 0 Å². The van der Waals surface area contributed by atoms with Crippen LogP contribution in [0.3, 0.4) is 0 Å². The van der Waals surface area contributed by atoms with E-state index in [4.69, 9.17) is 16.3 Å². The van der Waals surface area contributed by atoms with Gasteiger partial charge in [-0.15, -0.1) is 0 Å². The predicted octanol–water partition coefficient (Wildman–Crippen LogP) is 4.11. The van der Waals surface area contributed by atoms with Crippen molar-refractivity contribution in [3.8, 4) is 0 Å². The van der Waals surface area contributed by atoms with Gasteiger partial charge in [0.05, 0.1) is 5.60 Å². The Morgan fingerprint density at radius 3 is 2.56 bits per heavy atom. The number of halogens is 1. The Morgan fingerprint density at radius 1 is 1.28 bits per heavy atom. The van der Waals surface area contributed by atoms with Gasteiger partial charge in [-0.05, 0) is 25.8 Å². The van der Waals surface area contributed by atoms with E-state index in [-0.39, 0.29) is 0 Å². The average molecular weight is 269 g/mol. The number of hydrogen-bond acceptors (Lipinski definition) is 2. The molecule has 2 rings (SSSR count). The van der Waals surface area contributed by atoms with E-state index in [1.54, 1.807) is 0 Å². The normalized spacial score (nSPS) is 20.6. The smallest absolute Gasteiger partial charge is 0.109 e. The SMILES string of the molecule is CCOC1(C(O)c2ccccc2Cl)CCCCC1. The van der Waals surface area contributed by atoms with Crippen molar-refractivity contribution in [2.75, 3.05) is 6.61 Å². The summed E-state index contributed by atoms with van der Waals surface area (Å²) in [5.41, 5.74) is 0.340. The first-order chi connectivity index (χ1) is 8.69. The van der Waals surface area contributed by atoms with Crippen LogP contribution in [0.1, 0.15) is 50.7 Å². The van der Waals surface area contributed by atoms with E-state index in [0.717, 1.165) is 31.2 Å². The molecule has 0 spiro atoms. The van der Waals surface area contributed by atoms with Crippen LogP contribution in [0.4, 0.5) is 0 Å². The lowest BCUT2D eigenvalue weighted by molar-refractivity contribution is -0.141. The van der Waals surface area contributed by atoms with E-state index in [9.17, 15) is 5.11 Å². The molecule has 0 saturated heterocycles. The number of aliphatic hydroxyl groups excluding tert-OH is 1. The second-order valence-corrected chi connectivity index (χ2v) is 5.39. The van der Waals surface area contributed by atoms with Crippen molar-refractivity contribution in [1.82, 2.24) is 0 Å². The molecule has 0 amide bonds. The highest BCUT2D eigenvalue weighted by molar-refractivity contribution is 6.31. The van der Waals surface area contributed by atoms with E-state index in [2.05, 4.69) is 0 Å². The van der Waals surface area contributed by atoms with Crippen LogP contribution < -0.4 is 0 Å². The Balaban J connectivity index is 2.28. The van der Waals surface area contributed by atoms with Gasteiger partial charge in [-0.25, -0.2) is 0 Å². The molecule has 1 saturated carbocycles. The third-order valence-electron chi connectivity index (χ3n) is 3.83. The fraction of sp³-hybridized carbons (Fsp3) is 0.600. The quantitative estimate of drug-likeness (QED) is 0.890. The zero-order valence-corrected chi connectivity index (χ0v) is 11.6. The average Bonchev–Trinajstić information content (AvgIpc) is 2.40. The summed E-state index contributed by atoms with van der Waals surface area (Å²) in [7, 11) is 0. The second kappa shape index (κ2) is 6.05. The number of rotatable bonds is 4. The van der Waals surface area contributed by atoms with E-state index in [1.807, 2.05) is 31.2 Å². The predicted molar refractivity (Wildman–Crippen MR) is 73.9 cm³/mol. The highest BCUT2D eigenvalue weighted by Crippen LogP contribution is 2.43. The highest BCUT2D eigenvalue weighted by atomic mass is 35.5. The molecule has 0 heterocycles. The third-order valence-corrected chi connectivity index (χ3v) is 4.17. The van der Waals surface area contributed by atoms with Crippen LogP contribution in [0.25, 0.3) is 0 Å². The zero-order valence-electron chi connectivity index (χ0n) is 10.9. The zero-order chi connectivity index (χ0) is 13.0. The molecule has 1 aliphatic rings. The van der Waals surface area contributed by atoms with Crippen molar-refractivity contribution >= 4 is 11.6 Å². The summed E-state index contributed by atoms with van der Waals surface area (Å²) in [5.74, 6) is 0. The molecule has 0 bridgehead atoms. The van der Waals surface area contributed by atoms with Crippen molar-refractivity contribution in [2.24, 2.45) is 0 Å². The molecular weight excluding hydrogens is 248 g/mol. The fourth-order valence-corrected chi connectivity index (χ4v) is 3.15. The minimum absolute atomic E-state index is 0.446. The van der Waals surface area contributed by atoms with Crippen LogP contribution in [0.5, 0.6) is 0 Å². The van der Waals surface area contributed by atoms with E-state index in [0.29, 0.717) is 11.6 Å². The van der Waals surface area contributed by atoms with Gasteiger partial charge < -0.3 is 9.84 Å². The summed E-state index contributed by atoms with van der Waals surface area (Å²) in [6, 6.07) is 7.50. The van der Waals surface area contributed by atoms with Crippen molar-refractivity contribution in [1.29, 1.82) is 0 Å². The molecule has 1 aromatic carbocycles. The molecule has 1 unspecified atom stereocenters. The Kier molecular flexibility index (Phi) is 4.66. The molecule has 18 heavy (non-hydrogen) atoms. The van der Waals surface area contributed by atoms with Crippen molar-refractivity contribution in [2.45, 2.75) is 50.7 Å². The van der Waals surface area contributed by atoms with Gasteiger partial charge in [-0.1, -0.05) is 49.1 Å². The van der Waals surface area contributed by atoms with Crippen LogP contribution in [0, 0.1) is 0 Å². The summed E-state index contributed by atoms with van der Waals surface area (Å²) in [5, 5.41) is 11.3. The molecule has 3 heteroatoms. The van der Waals surface area contributed by atoms with Crippen LogP contribution in [0.2, 0.25) is 5.02 Å². The van der Waals surface area contributed by atoms with Crippen molar-refractivity contribution < 1.29 is 9.84 Å². The first-order valence-electron chi connectivity index (χ1n) is 6.76. The van der Waals surface area contributed by atoms with Crippen LogP contribution in [-0.4, -0.2) is 17.3 Å². The Bertz CT molecular complexity index is 380. The van der Waals surface area contributed by atoms with Crippen molar-refractivity contribution in [3.05, 3.63) is 34.9 Å². The van der Waals surface area contributed by atoms with Gasteiger partial charge in [-0.2, -0.15) is 0 Å². The van der Waals surface area contributed by atoms with E-state index >= 15 is 0 Å². The molecule has 1 fully saturated rings. The van der Waals surface area contributed by atoms with Gasteiger partial charge in [0.25, 0.3) is 0 Å². The lowest BCUT2D eigenvalue weighted by Crippen LogP contribution is -2.41. The number of hydrogen-bond donors (Lipinski definition) is 1. The summed E-state index contributed by atoms with van der Waals surface area (Å²) < 4.78 is 5.93. The number of benzene rings is 1. The van der Waals surface area contributed by atoms with Gasteiger partial charge in [0.15, 0.2) is 0 Å². The second-order valence-electron chi connectivity index (χ2n) is 4.98.